The summed E-state index contributed by atoms with van der Waals surface area (Å²) in [6, 6.07) is 13.0. The monoisotopic (exact) mass is 389 g/mol. The third-order valence-electron chi connectivity index (χ3n) is 3.01. The minimum atomic E-state index is -0.411. The lowest BCUT2D eigenvalue weighted by molar-refractivity contribution is -0.126. The molecule has 1 heterocycles. The molecule has 0 bridgehead atoms. The Labute approximate surface area is 172 Å². The van der Waals surface area contributed by atoms with Gasteiger partial charge in [-0.1, -0.05) is 78.8 Å². The fourth-order valence-corrected chi connectivity index (χ4v) is 1.90. The van der Waals surface area contributed by atoms with Gasteiger partial charge in [-0.2, -0.15) is 0 Å². The normalized spacial score (nSPS) is 9.32. The van der Waals surface area contributed by atoms with Gasteiger partial charge in [0.1, 0.15) is 6.10 Å². The molecule has 0 fully saturated rings. The zero-order chi connectivity index (χ0) is 22.4. The van der Waals surface area contributed by atoms with Gasteiger partial charge in [-0.3, -0.25) is 14.6 Å². The van der Waals surface area contributed by atoms with E-state index in [-0.39, 0.29) is 11.6 Å². The third kappa shape index (κ3) is 13.8. The van der Waals surface area contributed by atoms with Crippen molar-refractivity contribution in [1.82, 2.24) is 4.98 Å². The molecule has 1 aromatic heterocycles. The lowest BCUT2D eigenvalue weighted by Gasteiger charge is -2.11. The summed E-state index contributed by atoms with van der Waals surface area (Å²) >= 11 is 0. The van der Waals surface area contributed by atoms with Gasteiger partial charge < -0.3 is 4.74 Å². The van der Waals surface area contributed by atoms with Gasteiger partial charge >= 0.3 is 0 Å². The lowest BCUT2D eigenvalue weighted by atomic mass is 10.1. The van der Waals surface area contributed by atoms with Crippen molar-refractivity contribution < 1.29 is 14.3 Å². The average Bonchev–Trinajstić information content (AvgIpc) is 2.79. The summed E-state index contributed by atoms with van der Waals surface area (Å²) in [5.41, 5.74) is 1.61. The summed E-state index contributed by atoms with van der Waals surface area (Å²) in [6.07, 6.45) is 3.38. The van der Waals surface area contributed by atoms with E-state index in [0.717, 1.165) is 5.56 Å². The molecule has 4 heteroatoms. The van der Waals surface area contributed by atoms with Crippen LogP contribution in [-0.4, -0.2) is 23.7 Å². The summed E-state index contributed by atoms with van der Waals surface area (Å²) in [5, 5.41) is 0. The van der Waals surface area contributed by atoms with Crippen molar-refractivity contribution in [2.75, 3.05) is 7.11 Å². The molecule has 1 atom stereocenters. The van der Waals surface area contributed by atoms with Crippen LogP contribution in [0.5, 0.6) is 0 Å². The second-order valence-corrected chi connectivity index (χ2v) is 4.66. The Morgan fingerprint density at radius 1 is 0.929 bits per heavy atom. The Kier molecular flexibility index (Phi) is 24.7. The molecule has 0 radical (unpaired) electrons. The second kappa shape index (κ2) is 22.7. The molecular weight excluding hydrogens is 350 g/mol. The largest absolute Gasteiger partial charge is 0.369 e. The van der Waals surface area contributed by atoms with Gasteiger partial charge in [0.15, 0.2) is 11.6 Å². The summed E-state index contributed by atoms with van der Waals surface area (Å²) in [5.74, 6) is 0.178. The van der Waals surface area contributed by atoms with Crippen LogP contribution < -0.4 is 0 Å². The van der Waals surface area contributed by atoms with Crippen LogP contribution in [0, 0.1) is 0 Å². The number of Topliss-reactive ketones (excluding diaryl/α,β-unsaturated/α-hetero) is 2. The molecule has 0 amide bonds. The van der Waals surface area contributed by atoms with E-state index >= 15 is 0 Å². The topological polar surface area (TPSA) is 56.3 Å². The van der Waals surface area contributed by atoms with Gasteiger partial charge in [0.05, 0.1) is 0 Å². The summed E-state index contributed by atoms with van der Waals surface area (Å²) in [7, 11) is 1.54. The molecule has 158 valence electrons. The van der Waals surface area contributed by atoms with Gasteiger partial charge in [-0.15, -0.1) is 0 Å². The molecular formula is C24H39NO3. The fourth-order valence-electron chi connectivity index (χ4n) is 1.90. The van der Waals surface area contributed by atoms with E-state index < -0.39 is 6.10 Å². The number of hydrogen-bond acceptors (Lipinski definition) is 4. The van der Waals surface area contributed by atoms with Gasteiger partial charge in [-0.05, 0) is 24.6 Å². The lowest BCUT2D eigenvalue weighted by Crippen LogP contribution is -2.10. The minimum Gasteiger partial charge on any atom is -0.369 e. The molecule has 0 spiro atoms. The number of rotatable bonds is 5. The smallest absolute Gasteiger partial charge is 0.164 e. The van der Waals surface area contributed by atoms with Crippen molar-refractivity contribution in [1.29, 1.82) is 0 Å². The van der Waals surface area contributed by atoms with Crippen molar-refractivity contribution in [3.05, 3.63) is 66.0 Å². The van der Waals surface area contributed by atoms with Crippen LogP contribution >= 0.6 is 0 Å². The molecule has 1 unspecified atom stereocenters. The first-order valence-electron chi connectivity index (χ1n) is 10.1. The van der Waals surface area contributed by atoms with Crippen LogP contribution in [0.15, 0.2) is 54.9 Å². The van der Waals surface area contributed by atoms with E-state index in [4.69, 9.17) is 4.74 Å². The van der Waals surface area contributed by atoms with E-state index in [1.165, 1.54) is 6.92 Å². The van der Waals surface area contributed by atoms with E-state index in [1.54, 1.807) is 31.6 Å². The fraction of sp³-hybridized carbons (Fsp3) is 0.458. The maximum atomic E-state index is 11.1. The van der Waals surface area contributed by atoms with Gasteiger partial charge in [0, 0.05) is 31.5 Å². The standard InChI is InChI=1S/C10H12O2.C8H9NO.3C2H6/c1-8(11)10(12-2)9-6-4-3-5-7-9;1-2-8(10)7-4-3-5-9-6-7;3*1-2/h3-7,10H,1-2H3;3-6H,2H2,1H3;3*1-2H3. The van der Waals surface area contributed by atoms with Gasteiger partial charge in [0.25, 0.3) is 0 Å². The molecule has 28 heavy (non-hydrogen) atoms. The molecule has 2 aromatic rings. The van der Waals surface area contributed by atoms with Crippen LogP contribution in [0.2, 0.25) is 0 Å². The Bertz CT molecular complexity index is 583. The maximum absolute atomic E-state index is 11.1. The highest BCUT2D eigenvalue weighted by Crippen LogP contribution is 2.16. The molecule has 4 nitrogen and oxygen atoms in total. The number of hydrogen-bond donors (Lipinski definition) is 0. The molecule has 1 aromatic carbocycles. The van der Waals surface area contributed by atoms with Crippen molar-refractivity contribution in [2.45, 2.75) is 67.9 Å². The number of pyridine rings is 1. The second-order valence-electron chi connectivity index (χ2n) is 4.66. The highest BCUT2D eigenvalue weighted by atomic mass is 16.5. The summed E-state index contributed by atoms with van der Waals surface area (Å²) < 4.78 is 5.05. The van der Waals surface area contributed by atoms with Crippen molar-refractivity contribution >= 4 is 11.6 Å². The zero-order valence-electron chi connectivity index (χ0n) is 19.2. The number of ketones is 2. The maximum Gasteiger partial charge on any atom is 0.164 e. The number of methoxy groups -OCH3 is 1. The van der Waals surface area contributed by atoms with Crippen LogP contribution in [0.25, 0.3) is 0 Å². The Morgan fingerprint density at radius 2 is 1.46 bits per heavy atom. The number of nitrogens with zero attached hydrogens (tertiary/aromatic N) is 1. The number of aromatic nitrogens is 1. The first-order valence-corrected chi connectivity index (χ1v) is 10.1. The molecule has 0 saturated carbocycles. The van der Waals surface area contributed by atoms with E-state index in [2.05, 4.69) is 4.98 Å². The Balaban J connectivity index is -0.000000355. The quantitative estimate of drug-likeness (QED) is 0.533. The molecule has 0 N–H and O–H groups in total. The first-order chi connectivity index (χ1) is 13.6. The van der Waals surface area contributed by atoms with E-state index in [9.17, 15) is 9.59 Å². The number of carbonyl (C=O) groups is 2. The molecule has 0 aliphatic rings. The molecule has 2 rings (SSSR count). The van der Waals surface area contributed by atoms with Crippen LogP contribution in [-0.2, 0) is 9.53 Å². The molecule has 0 aliphatic carbocycles. The Hall–Kier alpha value is -2.33. The van der Waals surface area contributed by atoms with E-state index in [0.29, 0.717) is 12.0 Å². The predicted octanol–water partition coefficient (Wildman–Crippen LogP) is 6.72. The zero-order valence-corrected chi connectivity index (χ0v) is 19.2. The third-order valence-corrected chi connectivity index (χ3v) is 3.01. The predicted molar refractivity (Wildman–Crippen MR) is 120 cm³/mol. The molecule has 0 saturated heterocycles. The van der Waals surface area contributed by atoms with Crippen LogP contribution in [0.3, 0.4) is 0 Å². The van der Waals surface area contributed by atoms with Crippen molar-refractivity contribution in [3.8, 4) is 0 Å². The van der Waals surface area contributed by atoms with Crippen molar-refractivity contribution in [3.63, 3.8) is 0 Å². The Morgan fingerprint density at radius 3 is 1.82 bits per heavy atom. The van der Waals surface area contributed by atoms with Crippen LogP contribution in [0.4, 0.5) is 0 Å². The van der Waals surface area contributed by atoms with Crippen molar-refractivity contribution in [2.24, 2.45) is 0 Å². The highest BCUT2D eigenvalue weighted by Gasteiger charge is 2.14. The van der Waals surface area contributed by atoms with Gasteiger partial charge in [0.2, 0.25) is 0 Å². The van der Waals surface area contributed by atoms with Crippen LogP contribution in [0.1, 0.15) is 83.8 Å². The SMILES string of the molecule is CC.CC.CC.CCC(=O)c1cccnc1.COC(C(C)=O)c1ccccc1. The molecule has 0 aliphatic heterocycles. The average molecular weight is 390 g/mol. The number of ether oxygens (including phenoxy) is 1. The first kappa shape index (κ1) is 30.4. The van der Waals surface area contributed by atoms with Gasteiger partial charge in [-0.25, -0.2) is 0 Å². The number of benzene rings is 1. The highest BCUT2D eigenvalue weighted by molar-refractivity contribution is 5.95. The summed E-state index contributed by atoms with van der Waals surface area (Å²) in [4.78, 5) is 25.9. The van der Waals surface area contributed by atoms with E-state index in [1.807, 2.05) is 78.8 Å². The minimum absolute atomic E-state index is 0.0312. The summed E-state index contributed by atoms with van der Waals surface area (Å²) in [6.45, 7) is 15.4. The number of carbonyl (C=O) groups excluding carboxylic acids is 2.